The van der Waals surface area contributed by atoms with Crippen molar-refractivity contribution in [2.24, 2.45) is 0 Å². The molecule has 3 heterocycles. The van der Waals surface area contributed by atoms with E-state index in [1.165, 1.54) is 0 Å². The first-order valence-corrected chi connectivity index (χ1v) is 7.16. The molecule has 3 aromatic heterocycles. The molecule has 4 aromatic rings. The maximum absolute atomic E-state index is 12.5. The average Bonchev–Trinajstić information content (AvgIpc) is 2.92. The van der Waals surface area contributed by atoms with E-state index in [1.54, 1.807) is 29.2 Å². The number of nitrogens with zero attached hydrogens (tertiary/aromatic N) is 4. The first-order valence-electron chi connectivity index (χ1n) is 6.78. The summed E-state index contributed by atoms with van der Waals surface area (Å²) in [5.41, 5.74) is 2.20. The van der Waals surface area contributed by atoms with Gasteiger partial charge in [-0.1, -0.05) is 23.7 Å². The lowest BCUT2D eigenvalue weighted by Crippen LogP contribution is -2.21. The summed E-state index contributed by atoms with van der Waals surface area (Å²) in [6.07, 6.45) is 5.21. The first kappa shape index (κ1) is 13.0. The monoisotopic (exact) mass is 310 g/mol. The zero-order valence-electron chi connectivity index (χ0n) is 11.5. The summed E-state index contributed by atoms with van der Waals surface area (Å²) >= 11 is 5.96. The van der Waals surface area contributed by atoms with E-state index in [1.807, 2.05) is 34.9 Å². The summed E-state index contributed by atoms with van der Waals surface area (Å²) in [6.45, 7) is 0.371. The maximum Gasteiger partial charge on any atom is 0.261 e. The van der Waals surface area contributed by atoms with Crippen LogP contribution in [0.25, 0.3) is 16.6 Å². The van der Waals surface area contributed by atoms with Crippen LogP contribution in [0.15, 0.2) is 59.9 Å². The molecule has 0 saturated heterocycles. The Labute approximate surface area is 130 Å². The van der Waals surface area contributed by atoms with Crippen LogP contribution in [0.3, 0.4) is 0 Å². The fourth-order valence-corrected chi connectivity index (χ4v) is 2.65. The number of para-hydroxylation sites is 1. The van der Waals surface area contributed by atoms with E-state index in [-0.39, 0.29) is 5.56 Å². The van der Waals surface area contributed by atoms with Crippen LogP contribution in [-0.2, 0) is 6.54 Å². The standard InChI is InChI=1S/C16H11ClN4O/c17-11-5-6-15-19-12(8-20(15)7-11)9-21-10-18-14-4-2-1-3-13(14)16(21)22/h1-8,10H,9H2. The molecule has 0 unspecified atom stereocenters. The number of benzene rings is 1. The molecule has 0 bridgehead atoms. The summed E-state index contributed by atoms with van der Waals surface area (Å²) in [7, 11) is 0. The molecule has 0 amide bonds. The van der Waals surface area contributed by atoms with Crippen LogP contribution in [0.1, 0.15) is 5.69 Å². The van der Waals surface area contributed by atoms with Crippen molar-refractivity contribution in [2.75, 3.05) is 0 Å². The second-order valence-corrected chi connectivity index (χ2v) is 5.48. The minimum absolute atomic E-state index is 0.0688. The van der Waals surface area contributed by atoms with Gasteiger partial charge in [-0.25, -0.2) is 9.97 Å². The number of pyridine rings is 1. The van der Waals surface area contributed by atoms with E-state index in [0.29, 0.717) is 22.5 Å². The largest absolute Gasteiger partial charge is 0.305 e. The van der Waals surface area contributed by atoms with Gasteiger partial charge in [0.05, 0.1) is 34.5 Å². The average molecular weight is 311 g/mol. The van der Waals surface area contributed by atoms with Crippen LogP contribution in [0.2, 0.25) is 5.02 Å². The molecule has 108 valence electrons. The number of fused-ring (bicyclic) bond motifs is 2. The van der Waals surface area contributed by atoms with Crippen LogP contribution < -0.4 is 5.56 Å². The molecule has 0 aliphatic heterocycles. The van der Waals surface area contributed by atoms with Crippen molar-refractivity contribution in [2.45, 2.75) is 6.54 Å². The number of hydrogen-bond donors (Lipinski definition) is 0. The lowest BCUT2D eigenvalue weighted by atomic mass is 10.2. The van der Waals surface area contributed by atoms with Gasteiger partial charge >= 0.3 is 0 Å². The van der Waals surface area contributed by atoms with Crippen molar-refractivity contribution in [1.29, 1.82) is 0 Å². The lowest BCUT2D eigenvalue weighted by molar-refractivity contribution is 0.734. The van der Waals surface area contributed by atoms with Gasteiger partial charge < -0.3 is 4.40 Å². The molecule has 0 spiro atoms. The van der Waals surface area contributed by atoms with Crippen molar-refractivity contribution in [3.8, 4) is 0 Å². The summed E-state index contributed by atoms with van der Waals surface area (Å²) in [6, 6.07) is 10.9. The van der Waals surface area contributed by atoms with Crippen molar-refractivity contribution >= 4 is 28.2 Å². The third kappa shape index (κ3) is 2.16. The molecule has 6 heteroatoms. The minimum Gasteiger partial charge on any atom is -0.305 e. The molecule has 0 N–H and O–H groups in total. The van der Waals surface area contributed by atoms with Gasteiger partial charge in [0.25, 0.3) is 5.56 Å². The zero-order chi connectivity index (χ0) is 15.1. The third-order valence-corrected chi connectivity index (χ3v) is 3.75. The fourth-order valence-electron chi connectivity index (χ4n) is 2.49. The van der Waals surface area contributed by atoms with Crippen molar-refractivity contribution < 1.29 is 0 Å². The molecular formula is C16H11ClN4O. The van der Waals surface area contributed by atoms with Gasteiger partial charge in [-0.05, 0) is 24.3 Å². The summed E-state index contributed by atoms with van der Waals surface area (Å²) in [5.74, 6) is 0. The number of rotatable bonds is 2. The Bertz CT molecular complexity index is 1050. The second-order valence-electron chi connectivity index (χ2n) is 5.04. The highest BCUT2D eigenvalue weighted by molar-refractivity contribution is 6.30. The van der Waals surface area contributed by atoms with E-state index >= 15 is 0 Å². The molecule has 4 rings (SSSR count). The second kappa shape index (κ2) is 4.96. The van der Waals surface area contributed by atoms with E-state index in [2.05, 4.69) is 9.97 Å². The van der Waals surface area contributed by atoms with Crippen LogP contribution in [0.5, 0.6) is 0 Å². The van der Waals surface area contributed by atoms with E-state index in [4.69, 9.17) is 11.6 Å². The topological polar surface area (TPSA) is 52.2 Å². The third-order valence-electron chi connectivity index (χ3n) is 3.53. The van der Waals surface area contributed by atoms with Crippen molar-refractivity contribution in [3.05, 3.63) is 76.2 Å². The Kier molecular flexibility index (Phi) is 2.94. The Morgan fingerprint density at radius 2 is 1.95 bits per heavy atom. The highest BCUT2D eigenvalue weighted by Gasteiger charge is 2.07. The quantitative estimate of drug-likeness (QED) is 0.572. The number of halogens is 1. The maximum atomic E-state index is 12.5. The van der Waals surface area contributed by atoms with Gasteiger partial charge in [0, 0.05) is 12.4 Å². The smallest absolute Gasteiger partial charge is 0.261 e. The van der Waals surface area contributed by atoms with Gasteiger partial charge in [0.15, 0.2) is 0 Å². The molecule has 0 radical (unpaired) electrons. The van der Waals surface area contributed by atoms with Crippen molar-refractivity contribution in [3.63, 3.8) is 0 Å². The molecule has 0 aliphatic carbocycles. The predicted molar refractivity (Wildman–Crippen MR) is 85.3 cm³/mol. The van der Waals surface area contributed by atoms with Crippen LogP contribution >= 0.6 is 11.6 Å². The van der Waals surface area contributed by atoms with Gasteiger partial charge in [-0.2, -0.15) is 0 Å². The first-order chi connectivity index (χ1) is 10.7. The fraction of sp³-hybridized carbons (Fsp3) is 0.0625. The lowest BCUT2D eigenvalue weighted by Gasteiger charge is -2.04. The molecule has 22 heavy (non-hydrogen) atoms. The molecule has 5 nitrogen and oxygen atoms in total. The molecule has 0 aliphatic rings. The molecule has 0 saturated carbocycles. The van der Waals surface area contributed by atoms with E-state index in [9.17, 15) is 4.79 Å². The summed E-state index contributed by atoms with van der Waals surface area (Å²) in [4.78, 5) is 21.3. The van der Waals surface area contributed by atoms with Crippen LogP contribution in [-0.4, -0.2) is 18.9 Å². The SMILES string of the molecule is O=c1c2ccccc2ncn1Cc1cn2cc(Cl)ccc2n1. The van der Waals surface area contributed by atoms with Gasteiger partial charge in [0.1, 0.15) is 5.65 Å². The number of imidazole rings is 1. The van der Waals surface area contributed by atoms with E-state index < -0.39 is 0 Å². The van der Waals surface area contributed by atoms with E-state index in [0.717, 1.165) is 11.3 Å². The Hall–Kier alpha value is -2.66. The Balaban J connectivity index is 1.78. The number of hydrogen-bond acceptors (Lipinski definition) is 3. The Morgan fingerprint density at radius 1 is 1.09 bits per heavy atom. The van der Waals surface area contributed by atoms with Crippen LogP contribution in [0.4, 0.5) is 0 Å². The molecule has 1 aromatic carbocycles. The molecule has 0 atom stereocenters. The van der Waals surface area contributed by atoms with Gasteiger partial charge in [-0.15, -0.1) is 0 Å². The Morgan fingerprint density at radius 3 is 2.86 bits per heavy atom. The van der Waals surface area contributed by atoms with Gasteiger partial charge in [0.2, 0.25) is 0 Å². The number of aromatic nitrogens is 4. The predicted octanol–water partition coefficient (Wildman–Crippen LogP) is 2.75. The van der Waals surface area contributed by atoms with Gasteiger partial charge in [-0.3, -0.25) is 9.36 Å². The highest BCUT2D eigenvalue weighted by Crippen LogP contribution is 2.12. The van der Waals surface area contributed by atoms with Crippen LogP contribution in [0, 0.1) is 0 Å². The minimum atomic E-state index is -0.0688. The van der Waals surface area contributed by atoms with Crippen molar-refractivity contribution in [1.82, 2.24) is 18.9 Å². The molecular weight excluding hydrogens is 300 g/mol. The normalized spacial score (nSPS) is 11.3. The summed E-state index contributed by atoms with van der Waals surface area (Å²) in [5, 5.41) is 1.25. The summed E-state index contributed by atoms with van der Waals surface area (Å²) < 4.78 is 3.41. The molecule has 0 fully saturated rings. The zero-order valence-corrected chi connectivity index (χ0v) is 12.2. The highest BCUT2D eigenvalue weighted by atomic mass is 35.5.